The largest absolute Gasteiger partial charge is 0.460 e. The van der Waals surface area contributed by atoms with Crippen molar-refractivity contribution in [3.63, 3.8) is 0 Å². The van der Waals surface area contributed by atoms with E-state index in [2.05, 4.69) is 0 Å². The maximum absolute atomic E-state index is 13.2. The minimum atomic E-state index is -2.86. The van der Waals surface area contributed by atoms with Crippen molar-refractivity contribution in [1.29, 1.82) is 0 Å². The van der Waals surface area contributed by atoms with Crippen LogP contribution in [0.15, 0.2) is 0 Å². The third-order valence-corrected chi connectivity index (χ3v) is 8.33. The molecule has 0 spiro atoms. The zero-order valence-electron chi connectivity index (χ0n) is 14.6. The maximum Gasteiger partial charge on any atom is 0.348 e. The number of benzene rings is 2. The normalized spacial score (nSPS) is 11.9. The summed E-state index contributed by atoms with van der Waals surface area (Å²) >= 11 is 61.7. The van der Waals surface area contributed by atoms with Crippen LogP contribution < -0.4 is 0 Å². The molecule has 2 aromatic carbocycles. The number of halogens is 10. The fraction of sp³-hybridized carbons (Fsp3) is 0.235. The van der Waals surface area contributed by atoms with Crippen LogP contribution in [0.25, 0.3) is 0 Å². The van der Waals surface area contributed by atoms with Crippen LogP contribution in [0.5, 0.6) is 0 Å². The molecule has 0 aromatic heterocycles. The molecule has 30 heavy (non-hydrogen) atoms. The molecule has 2 rings (SSSR count). The highest BCUT2D eigenvalue weighted by molar-refractivity contribution is 6.57. The highest BCUT2D eigenvalue weighted by Crippen LogP contribution is 2.54. The van der Waals surface area contributed by atoms with Crippen LogP contribution in [0.2, 0.25) is 50.2 Å². The van der Waals surface area contributed by atoms with Gasteiger partial charge < -0.3 is 9.84 Å². The van der Waals surface area contributed by atoms with Crippen molar-refractivity contribution in [2.24, 2.45) is 0 Å². The number of esters is 1. The molecule has 0 aliphatic carbocycles. The summed E-state index contributed by atoms with van der Waals surface area (Å²) in [6, 6.07) is 0. The summed E-state index contributed by atoms with van der Waals surface area (Å²) in [6.07, 6.45) is -0.685. The van der Waals surface area contributed by atoms with E-state index in [1.807, 2.05) is 0 Å². The maximum atomic E-state index is 13.2. The number of hydrogen-bond acceptors (Lipinski definition) is 3. The molecule has 2 aromatic rings. The quantitative estimate of drug-likeness (QED) is 0.212. The van der Waals surface area contributed by atoms with Gasteiger partial charge in [-0.25, -0.2) is 4.79 Å². The van der Waals surface area contributed by atoms with Crippen molar-refractivity contribution in [3.05, 3.63) is 61.4 Å². The van der Waals surface area contributed by atoms with Crippen molar-refractivity contribution in [2.45, 2.75) is 25.6 Å². The third kappa shape index (κ3) is 4.43. The smallest absolute Gasteiger partial charge is 0.348 e. The molecule has 0 bridgehead atoms. The number of carbonyl (C=O) groups is 1. The molecule has 0 aliphatic rings. The summed E-state index contributed by atoms with van der Waals surface area (Å²) in [6.45, 7) is 3.07. The monoisotopic (exact) mass is 610 g/mol. The van der Waals surface area contributed by atoms with Gasteiger partial charge in [0.25, 0.3) is 0 Å². The van der Waals surface area contributed by atoms with Crippen molar-refractivity contribution in [1.82, 2.24) is 0 Å². The second kappa shape index (κ2) is 9.95. The number of aliphatic hydroxyl groups is 1. The topological polar surface area (TPSA) is 46.5 Å². The van der Waals surface area contributed by atoms with Gasteiger partial charge in [0, 0.05) is 11.1 Å². The Morgan fingerprint density at radius 2 is 0.867 bits per heavy atom. The van der Waals surface area contributed by atoms with Gasteiger partial charge in [0.2, 0.25) is 5.60 Å². The van der Waals surface area contributed by atoms with Crippen LogP contribution in [0.3, 0.4) is 0 Å². The molecule has 13 heteroatoms. The first-order valence-electron chi connectivity index (χ1n) is 7.66. The molecular formula is C17H8Cl10O3. The summed E-state index contributed by atoms with van der Waals surface area (Å²) in [5, 5.41) is 8.51. The SMILES string of the molecule is CC(C)OC(=O)C(O)(c1c(Cl)c(Cl)c(Cl)c(Cl)c1Cl)c1c(Cl)c(Cl)c(Cl)c(Cl)c1Cl. The molecule has 0 radical (unpaired) electrons. The zero-order chi connectivity index (χ0) is 23.3. The van der Waals surface area contributed by atoms with Crippen molar-refractivity contribution >= 4 is 122 Å². The molecular weight excluding hydrogens is 607 g/mol. The second-order valence-electron chi connectivity index (χ2n) is 6.05. The van der Waals surface area contributed by atoms with Crippen LogP contribution in [-0.4, -0.2) is 17.2 Å². The van der Waals surface area contributed by atoms with Gasteiger partial charge in [0.15, 0.2) is 0 Å². The van der Waals surface area contributed by atoms with Crippen LogP contribution in [0.1, 0.15) is 25.0 Å². The van der Waals surface area contributed by atoms with E-state index in [1.165, 1.54) is 13.8 Å². The molecule has 0 saturated carbocycles. The Bertz CT molecular complexity index is 924. The van der Waals surface area contributed by atoms with E-state index in [4.69, 9.17) is 121 Å². The molecule has 3 nitrogen and oxygen atoms in total. The van der Waals surface area contributed by atoms with Gasteiger partial charge >= 0.3 is 5.97 Å². The fourth-order valence-electron chi connectivity index (χ4n) is 2.47. The highest BCUT2D eigenvalue weighted by Gasteiger charge is 2.50. The Kier molecular flexibility index (Phi) is 8.96. The highest BCUT2D eigenvalue weighted by atomic mass is 35.5. The van der Waals surface area contributed by atoms with Gasteiger partial charge in [0.05, 0.1) is 56.3 Å². The first-order valence-corrected chi connectivity index (χ1v) is 11.4. The van der Waals surface area contributed by atoms with E-state index < -0.39 is 48.9 Å². The van der Waals surface area contributed by atoms with Crippen molar-refractivity contribution in [2.75, 3.05) is 0 Å². The standard InChI is InChI=1S/C17H8Cl10O3/c1-3(2)30-16(28)17(29,4-6(18)10(22)14(26)11(23)7(4)19)5-8(20)12(24)15(27)13(25)9(5)21/h3,29H,1-2H3. The number of hydrogen-bond donors (Lipinski definition) is 1. The lowest BCUT2D eigenvalue weighted by atomic mass is 9.85. The van der Waals surface area contributed by atoms with Gasteiger partial charge in [0.1, 0.15) is 0 Å². The molecule has 0 fully saturated rings. The van der Waals surface area contributed by atoms with Crippen LogP contribution in [0.4, 0.5) is 0 Å². The summed E-state index contributed by atoms with van der Waals surface area (Å²) in [7, 11) is 0. The number of rotatable bonds is 4. The average molecular weight is 615 g/mol. The Morgan fingerprint density at radius 1 is 0.633 bits per heavy atom. The Labute approximate surface area is 221 Å². The number of ether oxygens (including phenoxy) is 1. The predicted molar refractivity (Wildman–Crippen MR) is 127 cm³/mol. The molecule has 0 heterocycles. The van der Waals surface area contributed by atoms with Gasteiger partial charge in [-0.1, -0.05) is 116 Å². The van der Waals surface area contributed by atoms with E-state index in [0.29, 0.717) is 0 Å². The van der Waals surface area contributed by atoms with E-state index in [0.717, 1.165) is 0 Å². The van der Waals surface area contributed by atoms with Gasteiger partial charge in [-0.15, -0.1) is 0 Å². The van der Waals surface area contributed by atoms with E-state index >= 15 is 0 Å². The van der Waals surface area contributed by atoms with Crippen LogP contribution in [-0.2, 0) is 15.1 Å². The van der Waals surface area contributed by atoms with Gasteiger partial charge in [-0.2, -0.15) is 0 Å². The predicted octanol–water partition coefficient (Wildman–Crippen LogP) is 9.41. The Morgan fingerprint density at radius 3 is 1.10 bits per heavy atom. The summed E-state index contributed by atoms with van der Waals surface area (Å²) < 4.78 is 5.20. The number of carbonyl (C=O) groups excluding carboxylic acids is 1. The lowest BCUT2D eigenvalue weighted by Crippen LogP contribution is -2.41. The first-order chi connectivity index (χ1) is 13.7. The zero-order valence-corrected chi connectivity index (χ0v) is 22.2. The van der Waals surface area contributed by atoms with Crippen LogP contribution >= 0.6 is 116 Å². The molecule has 0 unspecified atom stereocenters. The summed E-state index contributed by atoms with van der Waals surface area (Å²) in [5.41, 5.74) is -3.84. The lowest BCUT2D eigenvalue weighted by molar-refractivity contribution is -0.166. The summed E-state index contributed by atoms with van der Waals surface area (Å²) in [5.74, 6) is -1.27. The average Bonchev–Trinajstić information content (AvgIpc) is 2.67. The van der Waals surface area contributed by atoms with E-state index in [1.54, 1.807) is 0 Å². The molecule has 0 atom stereocenters. The van der Waals surface area contributed by atoms with Crippen LogP contribution in [0, 0.1) is 0 Å². The fourth-order valence-corrected chi connectivity index (χ4v) is 5.30. The third-order valence-electron chi connectivity index (χ3n) is 3.78. The molecule has 1 N–H and O–H groups in total. The minimum absolute atomic E-state index is 0.207. The van der Waals surface area contributed by atoms with Crippen molar-refractivity contribution < 1.29 is 14.6 Å². The minimum Gasteiger partial charge on any atom is -0.460 e. The van der Waals surface area contributed by atoms with Gasteiger partial charge in [-0.05, 0) is 13.8 Å². The summed E-state index contributed by atoms with van der Waals surface area (Å²) in [4.78, 5) is 13.2. The van der Waals surface area contributed by atoms with Crippen molar-refractivity contribution in [3.8, 4) is 0 Å². The van der Waals surface area contributed by atoms with E-state index in [9.17, 15) is 9.90 Å². The molecule has 0 amide bonds. The molecule has 0 saturated heterocycles. The lowest BCUT2D eigenvalue weighted by Gasteiger charge is -2.32. The van der Waals surface area contributed by atoms with E-state index in [-0.39, 0.29) is 30.1 Å². The van der Waals surface area contributed by atoms with Gasteiger partial charge in [-0.3, -0.25) is 0 Å². The molecule has 0 aliphatic heterocycles. The second-order valence-corrected chi connectivity index (χ2v) is 9.83. The Hall–Kier alpha value is 0.770. The Balaban J connectivity index is 3.13. The molecule has 164 valence electrons. The first kappa shape index (κ1) is 27.0.